The SMILES string of the molecule is Cn1c(C(=O)NCc2ccc3c(c2)OCO3)cc2cccc(F)c21. The van der Waals surface area contributed by atoms with Crippen molar-refractivity contribution in [2.24, 2.45) is 7.05 Å². The Bertz CT molecular complexity index is 949. The van der Waals surface area contributed by atoms with Gasteiger partial charge in [0.15, 0.2) is 11.5 Å². The number of aryl methyl sites for hydroxylation is 1. The highest BCUT2D eigenvalue weighted by atomic mass is 19.1. The minimum Gasteiger partial charge on any atom is -0.454 e. The molecule has 0 aliphatic carbocycles. The minimum absolute atomic E-state index is 0.215. The van der Waals surface area contributed by atoms with Crippen LogP contribution in [0.25, 0.3) is 10.9 Å². The largest absolute Gasteiger partial charge is 0.454 e. The van der Waals surface area contributed by atoms with E-state index in [4.69, 9.17) is 9.47 Å². The molecular weight excluding hydrogens is 311 g/mol. The third kappa shape index (κ3) is 2.36. The highest BCUT2D eigenvalue weighted by Gasteiger charge is 2.16. The zero-order chi connectivity index (χ0) is 16.7. The van der Waals surface area contributed by atoms with Crippen molar-refractivity contribution in [3.8, 4) is 11.5 Å². The topological polar surface area (TPSA) is 52.5 Å². The molecule has 5 nitrogen and oxygen atoms in total. The van der Waals surface area contributed by atoms with Crippen LogP contribution in [0.4, 0.5) is 4.39 Å². The lowest BCUT2D eigenvalue weighted by molar-refractivity contribution is 0.0943. The number of fused-ring (bicyclic) bond motifs is 2. The number of benzene rings is 2. The van der Waals surface area contributed by atoms with Crippen molar-refractivity contribution in [3.05, 3.63) is 59.5 Å². The second kappa shape index (κ2) is 5.56. The molecular formula is C18H15FN2O3. The predicted molar refractivity (Wildman–Crippen MR) is 86.6 cm³/mol. The van der Waals surface area contributed by atoms with Gasteiger partial charge in [0.1, 0.15) is 11.5 Å². The molecule has 0 unspecified atom stereocenters. The lowest BCUT2D eigenvalue weighted by Crippen LogP contribution is -2.24. The number of amides is 1. The van der Waals surface area contributed by atoms with Crippen LogP contribution in [0.15, 0.2) is 42.5 Å². The van der Waals surface area contributed by atoms with E-state index in [1.54, 1.807) is 29.8 Å². The van der Waals surface area contributed by atoms with Crippen molar-refractivity contribution in [3.63, 3.8) is 0 Å². The van der Waals surface area contributed by atoms with E-state index >= 15 is 0 Å². The summed E-state index contributed by atoms with van der Waals surface area (Å²) in [4.78, 5) is 12.4. The number of carbonyl (C=O) groups excluding carboxylic acids is 1. The number of ether oxygens (including phenoxy) is 2. The first-order valence-corrected chi connectivity index (χ1v) is 7.54. The Hall–Kier alpha value is -3.02. The van der Waals surface area contributed by atoms with E-state index in [2.05, 4.69) is 5.32 Å². The van der Waals surface area contributed by atoms with Gasteiger partial charge < -0.3 is 19.4 Å². The molecule has 1 aliphatic heterocycles. The summed E-state index contributed by atoms with van der Waals surface area (Å²) in [5.74, 6) is 0.776. The molecule has 1 N–H and O–H groups in total. The summed E-state index contributed by atoms with van der Waals surface area (Å²) < 4.78 is 26.1. The molecule has 1 aromatic heterocycles. The van der Waals surface area contributed by atoms with Gasteiger partial charge in [-0.25, -0.2) is 4.39 Å². The maximum Gasteiger partial charge on any atom is 0.268 e. The van der Waals surface area contributed by atoms with Gasteiger partial charge in [0, 0.05) is 19.0 Å². The number of carbonyl (C=O) groups is 1. The van der Waals surface area contributed by atoms with E-state index in [1.807, 2.05) is 18.2 Å². The summed E-state index contributed by atoms with van der Waals surface area (Å²) in [6.07, 6.45) is 0. The van der Waals surface area contributed by atoms with Crippen molar-refractivity contribution in [2.75, 3.05) is 6.79 Å². The van der Waals surface area contributed by atoms with Crippen molar-refractivity contribution < 1.29 is 18.7 Å². The zero-order valence-corrected chi connectivity index (χ0v) is 13.0. The number of hydrogen-bond acceptors (Lipinski definition) is 3. The van der Waals surface area contributed by atoms with Crippen LogP contribution in [0.2, 0.25) is 0 Å². The number of nitrogens with zero attached hydrogens (tertiary/aromatic N) is 1. The summed E-state index contributed by atoms with van der Waals surface area (Å²) in [5, 5.41) is 3.55. The first-order chi connectivity index (χ1) is 11.6. The van der Waals surface area contributed by atoms with Gasteiger partial charge in [-0.05, 0) is 29.8 Å². The molecule has 4 rings (SSSR count). The molecule has 1 amide bonds. The fraction of sp³-hybridized carbons (Fsp3) is 0.167. The van der Waals surface area contributed by atoms with Gasteiger partial charge in [-0.3, -0.25) is 4.79 Å². The molecule has 0 saturated carbocycles. The van der Waals surface area contributed by atoms with Gasteiger partial charge in [-0.15, -0.1) is 0 Å². The lowest BCUT2D eigenvalue weighted by Gasteiger charge is -2.07. The van der Waals surface area contributed by atoms with E-state index in [1.165, 1.54) is 6.07 Å². The second-order valence-corrected chi connectivity index (χ2v) is 5.64. The average molecular weight is 326 g/mol. The molecule has 0 atom stereocenters. The summed E-state index contributed by atoms with van der Waals surface area (Å²) >= 11 is 0. The third-order valence-electron chi connectivity index (χ3n) is 4.13. The number of aromatic nitrogens is 1. The van der Waals surface area contributed by atoms with Crippen LogP contribution in [-0.2, 0) is 13.6 Å². The van der Waals surface area contributed by atoms with Crippen LogP contribution < -0.4 is 14.8 Å². The summed E-state index contributed by atoms with van der Waals surface area (Å²) in [5.41, 5.74) is 1.74. The number of halogens is 1. The Labute approximate surface area is 137 Å². The molecule has 0 fully saturated rings. The first-order valence-electron chi connectivity index (χ1n) is 7.54. The van der Waals surface area contributed by atoms with Gasteiger partial charge >= 0.3 is 0 Å². The average Bonchev–Trinajstić information content (AvgIpc) is 3.17. The van der Waals surface area contributed by atoms with Gasteiger partial charge in [0.05, 0.1) is 5.52 Å². The van der Waals surface area contributed by atoms with Gasteiger partial charge in [0.25, 0.3) is 5.91 Å². The quantitative estimate of drug-likeness (QED) is 0.805. The normalized spacial score (nSPS) is 12.6. The fourth-order valence-electron chi connectivity index (χ4n) is 2.91. The Morgan fingerprint density at radius 1 is 1.21 bits per heavy atom. The summed E-state index contributed by atoms with van der Waals surface area (Å²) in [6.45, 7) is 0.562. The minimum atomic E-state index is -0.343. The Morgan fingerprint density at radius 2 is 2.04 bits per heavy atom. The van der Waals surface area contributed by atoms with E-state index in [-0.39, 0.29) is 18.5 Å². The van der Waals surface area contributed by atoms with Crippen LogP contribution in [0.3, 0.4) is 0 Å². The maximum atomic E-state index is 13.9. The molecule has 6 heteroatoms. The molecule has 0 spiro atoms. The van der Waals surface area contributed by atoms with Crippen LogP contribution in [0.5, 0.6) is 11.5 Å². The Balaban J connectivity index is 1.54. The van der Waals surface area contributed by atoms with Gasteiger partial charge in [-0.1, -0.05) is 18.2 Å². The van der Waals surface area contributed by atoms with Crippen LogP contribution in [-0.4, -0.2) is 17.3 Å². The molecule has 24 heavy (non-hydrogen) atoms. The Kier molecular flexibility index (Phi) is 3.37. The van der Waals surface area contributed by atoms with E-state index in [0.29, 0.717) is 34.6 Å². The third-order valence-corrected chi connectivity index (χ3v) is 4.13. The standard InChI is InChI=1S/C18H15FN2O3/c1-21-14(8-12-3-2-4-13(19)17(12)21)18(22)20-9-11-5-6-15-16(7-11)24-10-23-15/h2-8H,9-10H2,1H3,(H,20,22). The highest BCUT2D eigenvalue weighted by molar-refractivity contribution is 5.98. The molecule has 0 saturated heterocycles. The van der Waals surface area contributed by atoms with Crippen LogP contribution in [0.1, 0.15) is 16.1 Å². The van der Waals surface area contributed by atoms with Crippen LogP contribution >= 0.6 is 0 Å². The van der Waals surface area contributed by atoms with E-state index in [0.717, 1.165) is 5.56 Å². The lowest BCUT2D eigenvalue weighted by atomic mass is 10.2. The molecule has 0 radical (unpaired) electrons. The maximum absolute atomic E-state index is 13.9. The second-order valence-electron chi connectivity index (χ2n) is 5.64. The number of hydrogen-bond donors (Lipinski definition) is 1. The van der Waals surface area contributed by atoms with Gasteiger partial charge in [0.2, 0.25) is 6.79 Å². The smallest absolute Gasteiger partial charge is 0.268 e. The fourth-order valence-corrected chi connectivity index (χ4v) is 2.91. The first kappa shape index (κ1) is 14.6. The van der Waals surface area contributed by atoms with E-state index in [9.17, 15) is 9.18 Å². The number of para-hydroxylation sites is 1. The van der Waals surface area contributed by atoms with Crippen molar-refractivity contribution in [2.45, 2.75) is 6.54 Å². The summed E-state index contributed by atoms with van der Waals surface area (Å²) in [7, 11) is 1.68. The molecule has 122 valence electrons. The molecule has 1 aliphatic rings. The van der Waals surface area contributed by atoms with Gasteiger partial charge in [-0.2, -0.15) is 0 Å². The van der Waals surface area contributed by atoms with E-state index < -0.39 is 0 Å². The van der Waals surface area contributed by atoms with Crippen molar-refractivity contribution in [1.82, 2.24) is 9.88 Å². The highest BCUT2D eigenvalue weighted by Crippen LogP contribution is 2.32. The molecule has 2 aromatic carbocycles. The number of nitrogens with one attached hydrogen (secondary N) is 1. The zero-order valence-electron chi connectivity index (χ0n) is 13.0. The van der Waals surface area contributed by atoms with Crippen LogP contribution in [0, 0.1) is 5.82 Å². The predicted octanol–water partition coefficient (Wildman–Crippen LogP) is 2.98. The Morgan fingerprint density at radius 3 is 2.88 bits per heavy atom. The number of rotatable bonds is 3. The van der Waals surface area contributed by atoms with Crippen molar-refractivity contribution >= 4 is 16.8 Å². The summed E-state index contributed by atoms with van der Waals surface area (Å²) in [6, 6.07) is 12.0. The monoisotopic (exact) mass is 326 g/mol. The molecule has 2 heterocycles. The molecule has 3 aromatic rings. The van der Waals surface area contributed by atoms with Crippen molar-refractivity contribution in [1.29, 1.82) is 0 Å². The molecule has 0 bridgehead atoms.